The smallest absolute Gasteiger partial charge is 0.290 e. The zero-order valence-electron chi connectivity index (χ0n) is 14.5. The van der Waals surface area contributed by atoms with E-state index in [4.69, 9.17) is 9.90 Å². The summed E-state index contributed by atoms with van der Waals surface area (Å²) in [6.07, 6.45) is 3.98. The molecule has 0 unspecified atom stereocenters. The van der Waals surface area contributed by atoms with Gasteiger partial charge in [-0.25, -0.2) is 9.97 Å². The van der Waals surface area contributed by atoms with Gasteiger partial charge in [0.1, 0.15) is 11.6 Å². The van der Waals surface area contributed by atoms with Crippen molar-refractivity contribution < 1.29 is 14.7 Å². The van der Waals surface area contributed by atoms with Gasteiger partial charge in [-0.1, -0.05) is 0 Å². The van der Waals surface area contributed by atoms with Crippen molar-refractivity contribution in [3.8, 4) is 0 Å². The molecule has 0 saturated heterocycles. The minimum absolute atomic E-state index is 0.0332. The number of carboxylic acid groups (broad SMARTS) is 1. The van der Waals surface area contributed by atoms with Crippen LogP contribution < -0.4 is 5.56 Å². The highest BCUT2D eigenvalue weighted by Gasteiger charge is 2.27. The number of rotatable bonds is 3. The monoisotopic (exact) mass is 347 g/mol. The Morgan fingerprint density at radius 2 is 2.00 bits per heavy atom. The maximum atomic E-state index is 12.4. The van der Waals surface area contributed by atoms with Crippen molar-refractivity contribution in [2.75, 3.05) is 0 Å². The lowest BCUT2D eigenvalue weighted by Crippen LogP contribution is -2.28. The molecule has 9 heteroatoms. The van der Waals surface area contributed by atoms with E-state index in [1.165, 1.54) is 4.57 Å². The van der Waals surface area contributed by atoms with Gasteiger partial charge in [0.25, 0.3) is 12.0 Å². The first-order valence-electron chi connectivity index (χ1n) is 7.77. The molecule has 0 spiro atoms. The Balaban J connectivity index is 0.000000701. The molecule has 0 saturated carbocycles. The maximum absolute atomic E-state index is 12.4. The van der Waals surface area contributed by atoms with E-state index in [1.54, 1.807) is 25.1 Å². The molecule has 0 aromatic carbocycles. The van der Waals surface area contributed by atoms with Gasteiger partial charge in [-0.2, -0.15) is 0 Å². The summed E-state index contributed by atoms with van der Waals surface area (Å²) in [6.45, 7) is 4.84. The standard InChI is InChI=1S/C15H19N5O2.CH2O2/c1-10-16-5-7-19(10)6-4-14(21)20-8-12-13(9-20)17-11(2)18(3)15(12)22;2-1-3/h5,7H,4,6,8-9H2,1-3H3;1H,(H,2,3). The minimum Gasteiger partial charge on any atom is -0.483 e. The van der Waals surface area contributed by atoms with Crippen LogP contribution in [0.2, 0.25) is 0 Å². The summed E-state index contributed by atoms with van der Waals surface area (Å²) in [6, 6.07) is 0. The van der Waals surface area contributed by atoms with Gasteiger partial charge in [0.05, 0.1) is 24.3 Å². The molecule has 25 heavy (non-hydrogen) atoms. The van der Waals surface area contributed by atoms with Gasteiger partial charge in [0, 0.05) is 32.4 Å². The van der Waals surface area contributed by atoms with Crippen molar-refractivity contribution in [3.05, 3.63) is 45.7 Å². The Morgan fingerprint density at radius 3 is 2.60 bits per heavy atom. The summed E-state index contributed by atoms with van der Waals surface area (Å²) in [4.78, 5) is 43.2. The van der Waals surface area contributed by atoms with E-state index in [-0.39, 0.29) is 17.9 Å². The van der Waals surface area contributed by atoms with Crippen molar-refractivity contribution in [2.24, 2.45) is 7.05 Å². The van der Waals surface area contributed by atoms with Gasteiger partial charge >= 0.3 is 0 Å². The first-order chi connectivity index (χ1) is 11.9. The van der Waals surface area contributed by atoms with E-state index in [1.807, 2.05) is 17.7 Å². The molecule has 9 nitrogen and oxygen atoms in total. The fourth-order valence-corrected chi connectivity index (χ4v) is 2.72. The van der Waals surface area contributed by atoms with Crippen molar-refractivity contribution >= 4 is 12.4 Å². The molecule has 134 valence electrons. The summed E-state index contributed by atoms with van der Waals surface area (Å²) >= 11 is 0. The van der Waals surface area contributed by atoms with E-state index in [2.05, 4.69) is 9.97 Å². The summed E-state index contributed by atoms with van der Waals surface area (Å²) in [5.74, 6) is 1.60. The van der Waals surface area contributed by atoms with Crippen LogP contribution in [0.5, 0.6) is 0 Å². The van der Waals surface area contributed by atoms with E-state index >= 15 is 0 Å². The SMILES string of the molecule is Cc1nccn1CCC(=O)N1Cc2nc(C)n(C)c(=O)c2C1.O=CO. The summed E-state index contributed by atoms with van der Waals surface area (Å²) < 4.78 is 3.48. The van der Waals surface area contributed by atoms with E-state index in [0.717, 1.165) is 11.5 Å². The first-order valence-corrected chi connectivity index (χ1v) is 7.77. The highest BCUT2D eigenvalue weighted by Crippen LogP contribution is 2.19. The average molecular weight is 347 g/mol. The molecule has 1 aliphatic rings. The second-order valence-corrected chi connectivity index (χ2v) is 5.72. The number of aryl methyl sites for hydroxylation is 3. The van der Waals surface area contributed by atoms with Gasteiger partial charge in [-0.15, -0.1) is 0 Å². The number of carbonyl (C=O) groups is 2. The minimum atomic E-state index is -0.250. The number of imidazole rings is 1. The van der Waals surface area contributed by atoms with Crippen LogP contribution in [0.15, 0.2) is 17.2 Å². The number of hydrogen-bond donors (Lipinski definition) is 1. The van der Waals surface area contributed by atoms with Crippen molar-refractivity contribution in [1.29, 1.82) is 0 Å². The lowest BCUT2D eigenvalue weighted by molar-refractivity contribution is -0.132. The first kappa shape index (κ1) is 18.4. The molecular weight excluding hydrogens is 326 g/mol. The predicted octanol–water partition coefficient (Wildman–Crippen LogP) is 0.227. The van der Waals surface area contributed by atoms with Crippen LogP contribution in [0.3, 0.4) is 0 Å². The van der Waals surface area contributed by atoms with Crippen LogP contribution in [-0.4, -0.2) is 41.5 Å². The summed E-state index contributed by atoms with van der Waals surface area (Å²) in [5, 5.41) is 6.89. The average Bonchev–Trinajstić information content (AvgIpc) is 3.17. The Labute approximate surface area is 144 Å². The fourth-order valence-electron chi connectivity index (χ4n) is 2.72. The van der Waals surface area contributed by atoms with Crippen molar-refractivity contribution in [1.82, 2.24) is 24.0 Å². The van der Waals surface area contributed by atoms with Crippen LogP contribution in [-0.2, 0) is 36.3 Å². The molecule has 1 N–H and O–H groups in total. The van der Waals surface area contributed by atoms with E-state index in [9.17, 15) is 9.59 Å². The van der Waals surface area contributed by atoms with Crippen LogP contribution in [0.4, 0.5) is 0 Å². The molecule has 0 aliphatic carbocycles. The molecule has 3 rings (SSSR count). The number of fused-ring (bicyclic) bond motifs is 1. The van der Waals surface area contributed by atoms with Gasteiger partial charge in [-0.05, 0) is 13.8 Å². The molecule has 0 radical (unpaired) electrons. The summed E-state index contributed by atoms with van der Waals surface area (Å²) in [7, 11) is 1.71. The van der Waals surface area contributed by atoms with Gasteiger partial charge in [0.2, 0.25) is 5.91 Å². The number of aromatic nitrogens is 4. The van der Waals surface area contributed by atoms with Crippen LogP contribution in [0.1, 0.15) is 29.3 Å². The number of amides is 1. The van der Waals surface area contributed by atoms with E-state index < -0.39 is 0 Å². The lowest BCUT2D eigenvalue weighted by Gasteiger charge is -2.15. The topological polar surface area (TPSA) is 110 Å². The Morgan fingerprint density at radius 1 is 1.32 bits per heavy atom. The third-order valence-electron chi connectivity index (χ3n) is 4.23. The van der Waals surface area contributed by atoms with Crippen LogP contribution in [0.25, 0.3) is 0 Å². The predicted molar refractivity (Wildman–Crippen MR) is 88.7 cm³/mol. The zero-order chi connectivity index (χ0) is 18.6. The molecule has 2 aromatic heterocycles. The normalized spacial score (nSPS) is 12.4. The van der Waals surface area contributed by atoms with Gasteiger partial charge < -0.3 is 14.6 Å². The van der Waals surface area contributed by atoms with Gasteiger partial charge in [-0.3, -0.25) is 19.0 Å². The summed E-state index contributed by atoms with van der Waals surface area (Å²) in [5.41, 5.74) is 1.32. The molecular formula is C16H21N5O4. The largest absolute Gasteiger partial charge is 0.483 e. The second-order valence-electron chi connectivity index (χ2n) is 5.72. The van der Waals surface area contributed by atoms with Crippen molar-refractivity contribution in [2.45, 2.75) is 39.9 Å². The molecule has 0 atom stereocenters. The third kappa shape index (κ3) is 3.93. The van der Waals surface area contributed by atoms with Crippen LogP contribution in [0, 0.1) is 13.8 Å². The van der Waals surface area contributed by atoms with E-state index in [0.29, 0.717) is 37.4 Å². The molecule has 2 aromatic rings. The zero-order valence-corrected chi connectivity index (χ0v) is 14.5. The second kappa shape index (κ2) is 7.73. The molecule has 3 heterocycles. The highest BCUT2D eigenvalue weighted by atomic mass is 16.3. The molecule has 1 amide bonds. The quantitative estimate of drug-likeness (QED) is 0.796. The number of hydrogen-bond acceptors (Lipinski definition) is 5. The Hall–Kier alpha value is -2.97. The molecule has 1 aliphatic heterocycles. The highest BCUT2D eigenvalue weighted by molar-refractivity contribution is 5.76. The van der Waals surface area contributed by atoms with Gasteiger partial charge in [0.15, 0.2) is 0 Å². The number of nitrogens with zero attached hydrogens (tertiary/aromatic N) is 5. The fraction of sp³-hybridized carbons (Fsp3) is 0.438. The molecule has 0 bridgehead atoms. The number of carbonyl (C=O) groups excluding carboxylic acids is 1. The van der Waals surface area contributed by atoms with Crippen LogP contribution >= 0.6 is 0 Å². The third-order valence-corrected chi connectivity index (χ3v) is 4.23. The Kier molecular flexibility index (Phi) is 5.68. The molecule has 0 fully saturated rings. The lowest BCUT2D eigenvalue weighted by atomic mass is 10.2. The van der Waals surface area contributed by atoms with Crippen molar-refractivity contribution in [3.63, 3.8) is 0 Å². The Bertz CT molecular complexity index is 840. The maximum Gasteiger partial charge on any atom is 0.290 e.